The van der Waals surface area contributed by atoms with E-state index < -0.39 is 125 Å². The summed E-state index contributed by atoms with van der Waals surface area (Å²) in [6.45, 7) is -0.289. The number of isocyanates is 3. The van der Waals surface area contributed by atoms with Gasteiger partial charge in [-0.3, -0.25) is 31.9 Å². The molecule has 31 heteroatoms. The lowest BCUT2D eigenvalue weighted by atomic mass is 10.1. The molecule has 0 aromatic heterocycles. The maximum Gasteiger partial charge on any atom is 0.414 e. The van der Waals surface area contributed by atoms with Crippen LogP contribution in [-0.4, -0.2) is 126 Å². The lowest BCUT2D eigenvalue weighted by molar-refractivity contribution is -0.150. The first-order chi connectivity index (χ1) is 37.7. The summed E-state index contributed by atoms with van der Waals surface area (Å²) < 4.78 is 50.5. The molecule has 31 nitrogen and oxygen atoms in total. The van der Waals surface area contributed by atoms with Gasteiger partial charge in [0.05, 0.1) is 13.2 Å². The molecule has 0 aliphatic carbocycles. The first-order valence-electron chi connectivity index (χ1n) is 19.7. The molecule has 0 saturated heterocycles. The molecule has 6 amide bonds. The Morgan fingerprint density at radius 2 is 0.692 bits per heavy atom. The first kappa shape index (κ1) is 64.9. The Labute approximate surface area is 437 Å². The Hall–Kier alpha value is -13.2. The van der Waals surface area contributed by atoms with Crippen LogP contribution in [0, 0.1) is 34.6 Å². The van der Waals surface area contributed by atoms with Crippen LogP contribution < -0.4 is 31.9 Å². The van der Waals surface area contributed by atoms with Crippen molar-refractivity contribution < 1.29 is 90.5 Å². The van der Waals surface area contributed by atoms with Gasteiger partial charge in [0.25, 0.3) is 18.8 Å². The van der Waals surface area contributed by atoms with Crippen LogP contribution in [0.3, 0.4) is 0 Å². The summed E-state index contributed by atoms with van der Waals surface area (Å²) >= 11 is 0. The van der Waals surface area contributed by atoms with Crippen molar-refractivity contribution in [2.75, 3.05) is 59.8 Å². The molecule has 78 heavy (non-hydrogen) atoms. The minimum Gasteiger partial charge on any atom is -0.445 e. The summed E-state index contributed by atoms with van der Waals surface area (Å²) in [5, 5.41) is 37.9. The standard InChI is InChI=1S/C47H30N12O19/c1-4-7-10-13-16-19-37(51-31-60)57-43(66)75-26-47(78-45(68)59-39(53-33-62)21-18-15-12-9-6-3,27-76-44(67)58-38(52-32-61)20-17-14-11-8-5-2)23-69-22-46(77-42(65)56-36-72-30-50,24-73-40(63)54-34-70-28-48)25-74-41(64)55-35-71-29-49/h1-3,22-27,34-36H2,(H,54,63)(H,55,64)(H,56,65)(H,57,66)(H,58,67)(H,59,68). The molecule has 392 valence electrons. The van der Waals surface area contributed by atoms with Crippen LogP contribution in [0.5, 0.6) is 0 Å². The number of nitrogens with one attached hydrogen (secondary N) is 6. The minimum absolute atomic E-state index is 0.758. The average molecular weight is 1070 g/mol. The number of nitrogens with zero attached hydrogens (tertiary/aromatic N) is 6. The van der Waals surface area contributed by atoms with Crippen LogP contribution in [0.2, 0.25) is 0 Å². The van der Waals surface area contributed by atoms with Gasteiger partial charge in [-0.25, -0.2) is 43.2 Å². The van der Waals surface area contributed by atoms with E-state index in [4.69, 9.17) is 48.9 Å². The van der Waals surface area contributed by atoms with Crippen molar-refractivity contribution in [2.45, 2.75) is 11.2 Å². The Bertz CT molecular complexity index is 3200. The van der Waals surface area contributed by atoms with Gasteiger partial charge in [-0.15, -0.1) is 15.0 Å². The molecule has 0 aliphatic heterocycles. The van der Waals surface area contributed by atoms with Crippen molar-refractivity contribution in [1.82, 2.24) is 31.9 Å². The fraction of sp³-hybridized carbons (Fsp3) is 0.234. The molecule has 0 unspecified atom stereocenters. The third-order valence-electron chi connectivity index (χ3n) is 6.78. The fourth-order valence-electron chi connectivity index (χ4n) is 3.93. The molecule has 0 bridgehead atoms. The molecule has 0 spiro atoms. The number of rotatable bonds is 26. The molecule has 0 saturated carbocycles. The third kappa shape index (κ3) is 32.6. The Morgan fingerprint density at radius 1 is 0.397 bits per heavy atom. The Morgan fingerprint density at radius 3 is 1.01 bits per heavy atom. The lowest BCUT2D eigenvalue weighted by Crippen LogP contribution is -2.55. The zero-order chi connectivity index (χ0) is 58.0. The molecule has 0 radical (unpaired) electrons. The second-order valence-corrected chi connectivity index (χ2v) is 12.0. The minimum atomic E-state index is -2.81. The van der Waals surface area contributed by atoms with E-state index in [-0.39, 0.29) is 0 Å². The molecule has 0 aromatic carbocycles. The van der Waals surface area contributed by atoms with E-state index in [9.17, 15) is 43.2 Å². The molecule has 0 atom stereocenters. The number of carbonyl (C=O) groups excluding carboxylic acids is 9. The van der Waals surface area contributed by atoms with Crippen molar-refractivity contribution in [3.05, 3.63) is 140 Å². The predicted octanol–water partition coefficient (Wildman–Crippen LogP) is 1.42. The zero-order valence-corrected chi connectivity index (χ0v) is 39.4. The van der Waals surface area contributed by atoms with E-state index in [1.807, 2.05) is 31.9 Å². The van der Waals surface area contributed by atoms with Gasteiger partial charge in [-0.2, -0.15) is 15.8 Å². The van der Waals surface area contributed by atoms with Crippen molar-refractivity contribution >= 4 is 54.8 Å². The van der Waals surface area contributed by atoms with E-state index >= 15 is 0 Å². The zero-order valence-electron chi connectivity index (χ0n) is 39.4. The van der Waals surface area contributed by atoms with Gasteiger partial charge >= 0.3 is 36.6 Å². The highest BCUT2D eigenvalue weighted by Crippen LogP contribution is 2.21. The quantitative estimate of drug-likeness (QED) is 0.0136. The third-order valence-corrected chi connectivity index (χ3v) is 6.78. The molecule has 0 aliphatic rings. The number of ether oxygens (including phenoxy) is 10. The van der Waals surface area contributed by atoms with Crippen LogP contribution in [0.25, 0.3) is 0 Å². The van der Waals surface area contributed by atoms with Gasteiger partial charge in [-0.1, -0.05) is 17.2 Å². The summed E-state index contributed by atoms with van der Waals surface area (Å²) in [7, 11) is 0. The SMILES string of the molecule is C=C=C=C=C=C=C=C(N=C=O)NC(=O)OCC(COCC(COC(=O)NCOC#N)(COC(=O)NCOC#N)OC(=O)NCOC#N)(COC(=O)NC(=C=C=C=C=C=C=C)N=C=O)OC(=O)NC(=C=C=C=C=C=C=C)N=C=O. The molecular formula is C47H30N12O19. The number of alkyl carbamates (subject to hydrolysis) is 6. The van der Waals surface area contributed by atoms with Gasteiger partial charge < -0.3 is 47.4 Å². The van der Waals surface area contributed by atoms with E-state index in [2.05, 4.69) is 152 Å². The van der Waals surface area contributed by atoms with Crippen molar-refractivity contribution in [3.8, 4) is 18.8 Å². The summed E-state index contributed by atoms with van der Waals surface area (Å²) in [6, 6.07) is 0. The summed E-state index contributed by atoms with van der Waals surface area (Å²) in [5.74, 6) is -2.34. The van der Waals surface area contributed by atoms with E-state index in [0.717, 1.165) is 18.2 Å². The van der Waals surface area contributed by atoms with Crippen molar-refractivity contribution in [3.63, 3.8) is 0 Å². The van der Waals surface area contributed by atoms with Crippen LogP contribution in [-0.2, 0) is 61.8 Å². The highest BCUT2D eigenvalue weighted by molar-refractivity contribution is 5.72. The van der Waals surface area contributed by atoms with Gasteiger partial charge in [0.15, 0.2) is 20.2 Å². The second-order valence-electron chi connectivity index (χ2n) is 12.0. The number of hydrogen-bond donors (Lipinski definition) is 6. The summed E-state index contributed by atoms with van der Waals surface area (Å²) in [5.41, 5.74) is 34.5. The maximum atomic E-state index is 13.7. The fourth-order valence-corrected chi connectivity index (χ4v) is 3.93. The maximum absolute atomic E-state index is 13.7. The first-order valence-corrected chi connectivity index (χ1v) is 19.7. The molecule has 0 fully saturated rings. The largest absolute Gasteiger partial charge is 0.445 e. The van der Waals surface area contributed by atoms with Crippen molar-refractivity contribution in [1.29, 1.82) is 15.8 Å². The smallest absolute Gasteiger partial charge is 0.414 e. The van der Waals surface area contributed by atoms with E-state index in [1.54, 1.807) is 0 Å². The Kier molecular flexibility index (Phi) is 34.6. The van der Waals surface area contributed by atoms with Crippen LogP contribution in [0.1, 0.15) is 0 Å². The molecule has 0 aromatic rings. The number of hydrogen-bond acceptors (Lipinski definition) is 25. The molecule has 6 N–H and O–H groups in total. The van der Waals surface area contributed by atoms with E-state index in [1.165, 1.54) is 18.8 Å². The Balaban J connectivity index is 8.34. The molecule has 0 rings (SSSR count). The predicted molar refractivity (Wildman–Crippen MR) is 243 cm³/mol. The second kappa shape index (κ2) is 41.6. The van der Waals surface area contributed by atoms with Crippen LogP contribution >= 0.6 is 0 Å². The highest BCUT2D eigenvalue weighted by Gasteiger charge is 2.44. The topological polar surface area (TPSA) is 427 Å². The summed E-state index contributed by atoms with van der Waals surface area (Å²) in [6.07, 6.45) is -2.12. The van der Waals surface area contributed by atoms with Crippen LogP contribution in [0.4, 0.5) is 28.8 Å². The number of nitriles is 3. The lowest BCUT2D eigenvalue weighted by Gasteiger charge is -2.35. The number of amides is 6. The van der Waals surface area contributed by atoms with Crippen LogP contribution in [0.15, 0.2) is 155 Å². The normalized spacial score (nSPS) is 8.88. The number of aliphatic imine (C=N–C) groups is 3. The average Bonchev–Trinajstić information content (AvgIpc) is 3.40. The van der Waals surface area contributed by atoms with Gasteiger partial charge in [0, 0.05) is 0 Å². The van der Waals surface area contributed by atoms with Gasteiger partial charge in [0.2, 0.25) is 46.9 Å². The molecule has 0 heterocycles. The highest BCUT2D eigenvalue weighted by atomic mass is 16.7. The van der Waals surface area contributed by atoms with Crippen molar-refractivity contribution in [2.24, 2.45) is 15.0 Å². The molecular weight excluding hydrogens is 1040 g/mol. The monoisotopic (exact) mass is 1070 g/mol. The van der Waals surface area contributed by atoms with E-state index in [0.29, 0.717) is 0 Å². The van der Waals surface area contributed by atoms with Gasteiger partial charge in [-0.05, 0) is 106 Å². The van der Waals surface area contributed by atoms with Gasteiger partial charge in [0.1, 0.15) is 26.4 Å². The number of carbonyl (C=O) groups is 6. The summed E-state index contributed by atoms with van der Waals surface area (Å²) in [4.78, 5) is 122.